The zero-order valence-corrected chi connectivity index (χ0v) is 13.3. The maximum Gasteiger partial charge on any atom is 0.316 e. The van der Waals surface area contributed by atoms with Crippen LogP contribution < -0.4 is 0 Å². The molecule has 1 aromatic rings. The number of carbonyl (C=O) groups is 1. The van der Waals surface area contributed by atoms with E-state index in [9.17, 15) is 4.79 Å². The summed E-state index contributed by atoms with van der Waals surface area (Å²) in [4.78, 5) is 11.5. The number of thioether (sulfide) groups is 1. The van der Waals surface area contributed by atoms with Gasteiger partial charge in [-0.3, -0.25) is 4.79 Å². The monoisotopic (exact) mass is 302 g/mol. The number of unbranched alkanes of at least 4 members (excludes halogenated alkanes) is 5. The Balaban J connectivity index is 1.96. The van der Waals surface area contributed by atoms with Crippen LogP contribution >= 0.6 is 23.1 Å². The molecular weight excluding hydrogens is 280 g/mol. The van der Waals surface area contributed by atoms with E-state index in [0.717, 1.165) is 22.2 Å². The molecule has 0 radical (unpaired) electrons. The Kier molecular flexibility index (Phi) is 8.82. The summed E-state index contributed by atoms with van der Waals surface area (Å²) in [5, 5.41) is 8.77. The lowest BCUT2D eigenvalue weighted by Crippen LogP contribution is -2.08. The Hall–Kier alpha value is -0.620. The average molecular weight is 302 g/mol. The molecule has 0 saturated carbocycles. The van der Waals surface area contributed by atoms with Crippen molar-refractivity contribution in [1.82, 2.24) is 10.2 Å². The summed E-state index contributed by atoms with van der Waals surface area (Å²) in [5.74, 6) is 0.163. The highest BCUT2D eigenvalue weighted by atomic mass is 32.2. The van der Waals surface area contributed by atoms with Gasteiger partial charge in [0.2, 0.25) is 0 Å². The lowest BCUT2D eigenvalue weighted by molar-refractivity contribution is -0.140. The number of hydrogen-bond donors (Lipinski definition) is 0. The topological polar surface area (TPSA) is 52.1 Å². The van der Waals surface area contributed by atoms with E-state index in [1.54, 1.807) is 0 Å². The molecular formula is C13H22N2O2S2. The van der Waals surface area contributed by atoms with E-state index in [0.29, 0.717) is 12.4 Å². The third kappa shape index (κ3) is 8.21. The van der Waals surface area contributed by atoms with Gasteiger partial charge in [0, 0.05) is 0 Å². The largest absolute Gasteiger partial charge is 0.465 e. The first-order valence-electron chi connectivity index (χ1n) is 6.81. The zero-order valence-electron chi connectivity index (χ0n) is 11.7. The Labute approximate surface area is 123 Å². The lowest BCUT2D eigenvalue weighted by atomic mass is 10.1. The summed E-state index contributed by atoms with van der Waals surface area (Å²) in [7, 11) is 0. The van der Waals surface area contributed by atoms with E-state index >= 15 is 0 Å². The van der Waals surface area contributed by atoms with Crippen molar-refractivity contribution in [3.05, 3.63) is 5.01 Å². The highest BCUT2D eigenvalue weighted by molar-refractivity contribution is 8.01. The number of ether oxygens (including phenoxy) is 1. The van der Waals surface area contributed by atoms with Crippen LogP contribution in [0.2, 0.25) is 0 Å². The van der Waals surface area contributed by atoms with Crippen LogP contribution in [0.1, 0.15) is 50.5 Å². The fraction of sp³-hybridized carbons (Fsp3) is 0.769. The van der Waals surface area contributed by atoms with Gasteiger partial charge >= 0.3 is 5.97 Å². The molecule has 4 nitrogen and oxygen atoms in total. The van der Waals surface area contributed by atoms with E-state index in [2.05, 4.69) is 17.1 Å². The molecule has 0 amide bonds. The minimum atomic E-state index is -0.161. The second kappa shape index (κ2) is 10.2. The predicted molar refractivity (Wildman–Crippen MR) is 79.7 cm³/mol. The van der Waals surface area contributed by atoms with Crippen molar-refractivity contribution < 1.29 is 9.53 Å². The Morgan fingerprint density at radius 3 is 2.63 bits per heavy atom. The van der Waals surface area contributed by atoms with Crippen molar-refractivity contribution in [1.29, 1.82) is 0 Å². The van der Waals surface area contributed by atoms with Crippen LogP contribution in [0.15, 0.2) is 4.34 Å². The van der Waals surface area contributed by atoms with Crippen molar-refractivity contribution in [3.63, 3.8) is 0 Å². The number of hydrogen-bond acceptors (Lipinski definition) is 6. The number of aromatic nitrogens is 2. The highest BCUT2D eigenvalue weighted by Gasteiger charge is 2.07. The van der Waals surface area contributed by atoms with E-state index < -0.39 is 0 Å². The maximum atomic E-state index is 11.5. The minimum absolute atomic E-state index is 0.161. The standard InChI is InChI=1S/C13H22N2O2S2/c1-3-4-5-6-7-8-9-17-12(16)10-18-13-15-14-11(2)19-13/h3-10H2,1-2H3. The van der Waals surface area contributed by atoms with E-state index in [4.69, 9.17) is 4.74 Å². The van der Waals surface area contributed by atoms with Crippen LogP contribution in [-0.2, 0) is 9.53 Å². The van der Waals surface area contributed by atoms with Gasteiger partial charge in [0.25, 0.3) is 0 Å². The van der Waals surface area contributed by atoms with Crippen molar-refractivity contribution in [2.24, 2.45) is 0 Å². The molecule has 6 heteroatoms. The first-order chi connectivity index (χ1) is 9.22. The molecule has 0 aliphatic carbocycles. The van der Waals surface area contributed by atoms with Gasteiger partial charge in [-0.15, -0.1) is 10.2 Å². The average Bonchev–Trinajstić information content (AvgIpc) is 2.81. The SMILES string of the molecule is CCCCCCCCOC(=O)CSc1nnc(C)s1. The van der Waals surface area contributed by atoms with E-state index in [-0.39, 0.29) is 5.97 Å². The molecule has 0 fully saturated rings. The molecule has 0 saturated heterocycles. The minimum Gasteiger partial charge on any atom is -0.465 e. The Morgan fingerprint density at radius 2 is 1.95 bits per heavy atom. The predicted octanol–water partition coefficient (Wildman–Crippen LogP) is 3.84. The van der Waals surface area contributed by atoms with Crippen LogP contribution in [0.5, 0.6) is 0 Å². The smallest absolute Gasteiger partial charge is 0.316 e. The van der Waals surface area contributed by atoms with Crippen LogP contribution in [0.4, 0.5) is 0 Å². The van der Waals surface area contributed by atoms with E-state index in [1.165, 1.54) is 48.8 Å². The van der Waals surface area contributed by atoms with Crippen LogP contribution in [0.3, 0.4) is 0 Å². The van der Waals surface area contributed by atoms with Crippen LogP contribution in [-0.4, -0.2) is 28.5 Å². The van der Waals surface area contributed by atoms with Gasteiger partial charge in [0.1, 0.15) is 5.01 Å². The van der Waals surface area contributed by atoms with Gasteiger partial charge in [0.15, 0.2) is 4.34 Å². The van der Waals surface area contributed by atoms with Crippen molar-refractivity contribution in [2.45, 2.75) is 56.7 Å². The molecule has 108 valence electrons. The third-order valence-electron chi connectivity index (χ3n) is 2.58. The fourth-order valence-corrected chi connectivity index (χ4v) is 3.18. The van der Waals surface area contributed by atoms with Crippen LogP contribution in [0.25, 0.3) is 0 Å². The number of aryl methyl sites for hydroxylation is 1. The number of rotatable bonds is 10. The van der Waals surface area contributed by atoms with Crippen molar-refractivity contribution in [2.75, 3.05) is 12.4 Å². The summed E-state index contributed by atoms with van der Waals surface area (Å²) >= 11 is 2.90. The van der Waals surface area contributed by atoms with Crippen LogP contribution in [0, 0.1) is 6.92 Å². The van der Waals surface area contributed by atoms with E-state index in [1.807, 2.05) is 6.92 Å². The maximum absolute atomic E-state index is 11.5. The summed E-state index contributed by atoms with van der Waals surface area (Å²) in [6.45, 7) is 4.65. The van der Waals surface area contributed by atoms with Gasteiger partial charge in [0.05, 0.1) is 12.4 Å². The summed E-state index contributed by atoms with van der Waals surface area (Å²) in [6.07, 6.45) is 7.21. The fourth-order valence-electron chi connectivity index (χ4n) is 1.57. The van der Waals surface area contributed by atoms with Gasteiger partial charge in [-0.05, 0) is 13.3 Å². The molecule has 1 heterocycles. The summed E-state index contributed by atoms with van der Waals surface area (Å²) < 4.78 is 6.00. The zero-order chi connectivity index (χ0) is 13.9. The lowest BCUT2D eigenvalue weighted by Gasteiger charge is -2.03. The molecule has 1 rings (SSSR count). The third-order valence-corrected chi connectivity index (χ3v) is 4.53. The molecule has 0 aromatic carbocycles. The Morgan fingerprint density at radius 1 is 1.21 bits per heavy atom. The molecule has 0 aliphatic heterocycles. The summed E-state index contributed by atoms with van der Waals surface area (Å²) in [6, 6.07) is 0. The second-order valence-corrected chi connectivity index (χ2v) is 6.77. The Bertz CT molecular complexity index is 369. The van der Waals surface area contributed by atoms with Gasteiger partial charge in [-0.2, -0.15) is 0 Å². The number of nitrogens with zero attached hydrogens (tertiary/aromatic N) is 2. The second-order valence-electron chi connectivity index (χ2n) is 4.36. The molecule has 0 atom stereocenters. The number of carbonyl (C=O) groups excluding carboxylic acids is 1. The molecule has 0 spiro atoms. The molecule has 19 heavy (non-hydrogen) atoms. The molecule has 0 aliphatic rings. The van der Waals surface area contributed by atoms with Crippen molar-refractivity contribution >= 4 is 29.1 Å². The molecule has 0 unspecified atom stereocenters. The number of esters is 1. The highest BCUT2D eigenvalue weighted by Crippen LogP contribution is 2.21. The first kappa shape index (κ1) is 16.4. The molecule has 0 bridgehead atoms. The van der Waals surface area contributed by atoms with Crippen molar-refractivity contribution in [3.8, 4) is 0 Å². The quantitative estimate of drug-likeness (QED) is 0.373. The van der Waals surface area contributed by atoms with Gasteiger partial charge < -0.3 is 4.74 Å². The normalized spacial score (nSPS) is 10.6. The molecule has 0 N–H and O–H groups in total. The van der Waals surface area contributed by atoms with Gasteiger partial charge in [-0.25, -0.2) is 0 Å². The molecule has 1 aromatic heterocycles. The first-order valence-corrected chi connectivity index (χ1v) is 8.61. The van der Waals surface area contributed by atoms with Gasteiger partial charge in [-0.1, -0.05) is 62.1 Å². The summed E-state index contributed by atoms with van der Waals surface area (Å²) in [5.41, 5.74) is 0.